The summed E-state index contributed by atoms with van der Waals surface area (Å²) >= 11 is 0. The van der Waals surface area contributed by atoms with Gasteiger partial charge in [-0.25, -0.2) is 9.55 Å². The monoisotopic (exact) mass is 526 g/mol. The molecule has 0 saturated carbocycles. The predicted octanol–water partition coefficient (Wildman–Crippen LogP) is -4.73. The van der Waals surface area contributed by atoms with E-state index < -0.39 is 65.6 Å². The van der Waals surface area contributed by atoms with E-state index in [4.69, 9.17) is 18.0 Å². The van der Waals surface area contributed by atoms with E-state index in [2.05, 4.69) is 18.8 Å². The van der Waals surface area contributed by atoms with E-state index >= 15 is 0 Å². The van der Waals surface area contributed by atoms with Crippen LogP contribution in [-0.4, -0.2) is 63.1 Å². The minimum atomic E-state index is -5.58. The van der Waals surface area contributed by atoms with Crippen molar-refractivity contribution in [3.05, 3.63) is 6.33 Å². The number of ether oxygens (including phenoxy) is 1. The second-order valence-electron chi connectivity index (χ2n) is 7.02. The molecule has 0 aliphatic carbocycles. The van der Waals surface area contributed by atoms with Crippen molar-refractivity contribution in [2.24, 2.45) is 7.05 Å². The second-order valence-corrected chi connectivity index (χ2v) is 12.6. The van der Waals surface area contributed by atoms with Gasteiger partial charge in [0, 0.05) is 11.8 Å². The number of aliphatic hydroxyl groups excluding tert-OH is 2. The summed E-state index contributed by atoms with van der Waals surface area (Å²) in [6.45, 7) is -0.885. The molecule has 3 radical (unpaired) electrons. The zero-order chi connectivity index (χ0) is 24.9. The minimum absolute atomic E-state index is 0.00860. The van der Waals surface area contributed by atoms with E-state index in [9.17, 15) is 43.7 Å². The van der Waals surface area contributed by atoms with Crippen LogP contribution in [0.3, 0.4) is 0 Å². The fourth-order valence-electron chi connectivity index (χ4n) is 3.12. The maximum atomic E-state index is 12.1. The Morgan fingerprint density at radius 2 is 1.91 bits per heavy atom. The molecule has 1 saturated heterocycles. The van der Waals surface area contributed by atoms with Crippen molar-refractivity contribution in [1.29, 1.82) is 0 Å². The summed E-state index contributed by atoms with van der Waals surface area (Å²) in [5.41, 5.74) is 5.47. The summed E-state index contributed by atoms with van der Waals surface area (Å²) in [7, 11) is -9.45. The third-order valence-corrected chi connectivity index (χ3v) is 9.55. The number of hydrogen-bond donors (Lipinski definition) is 3. The van der Waals surface area contributed by atoms with Gasteiger partial charge in [0.15, 0.2) is 11.8 Å². The van der Waals surface area contributed by atoms with Gasteiger partial charge in [0.2, 0.25) is 6.23 Å². The van der Waals surface area contributed by atoms with E-state index in [0.717, 1.165) is 0 Å². The summed E-state index contributed by atoms with van der Waals surface area (Å²) in [6.07, 6.45) is -4.84. The van der Waals surface area contributed by atoms with Crippen LogP contribution < -0.4 is 30.1 Å². The lowest BCUT2D eigenvalue weighted by Gasteiger charge is -2.40. The molecular weight excluding hydrogens is 510 g/mol. The van der Waals surface area contributed by atoms with Crippen LogP contribution in [0.25, 0.3) is 11.2 Å². The standard InChI is InChI=1S/C12H19BN5O12P3/c1-17-3-18(9-6(17)10(21)16-12(14)15-9)11-8(20)7(19)5(29-11)2-28-33(13,27)30-32(25,26)4-31(22,23)24/h3,5,7-8,11,19-20H,2,4H2,1H3,(H5-,14,15,16,21,22,23,24,25,26)/q-1/p-3/t5-,7-,8-,11-,33+/m1/s1. The van der Waals surface area contributed by atoms with E-state index in [1.54, 1.807) is 0 Å². The van der Waals surface area contributed by atoms with Gasteiger partial charge >= 0.3 is 5.65 Å². The molecule has 17 nitrogen and oxygen atoms in total. The molecule has 3 heterocycles. The molecule has 2 aromatic heterocycles. The maximum absolute atomic E-state index is 12.1. The summed E-state index contributed by atoms with van der Waals surface area (Å²) in [5, 5.41) is 32.7. The highest BCUT2D eigenvalue weighted by Gasteiger charge is 2.47. The van der Waals surface area contributed by atoms with Crippen LogP contribution in [-0.2, 0) is 34.3 Å². The molecule has 4 N–H and O–H groups in total. The molecule has 0 bridgehead atoms. The number of rotatable bonds is 8. The largest absolute Gasteiger partial charge is 0.856 e. The van der Waals surface area contributed by atoms with Crippen molar-refractivity contribution in [2.45, 2.75) is 24.5 Å². The van der Waals surface area contributed by atoms with Gasteiger partial charge in [0.1, 0.15) is 25.9 Å². The molecular formula is C12H16BN5O12P3-4. The zero-order valence-electron chi connectivity index (χ0n) is 16.6. The minimum Gasteiger partial charge on any atom is -0.856 e. The number of anilines is 1. The van der Waals surface area contributed by atoms with Crippen molar-refractivity contribution < 1.29 is 61.8 Å². The van der Waals surface area contributed by atoms with Crippen LogP contribution in [0.4, 0.5) is 5.95 Å². The fourth-order valence-corrected chi connectivity index (χ4v) is 7.42. The lowest BCUT2D eigenvalue weighted by Crippen LogP contribution is -2.46. The Bertz CT molecular complexity index is 1200. The number of aryl methyl sites for hydroxylation is 1. The third kappa shape index (κ3) is 5.99. The normalized spacial score (nSPS) is 27.5. The van der Waals surface area contributed by atoms with E-state index in [0.29, 0.717) is 0 Å². The molecule has 1 aliphatic heterocycles. The van der Waals surface area contributed by atoms with Crippen molar-refractivity contribution >= 4 is 47.3 Å². The van der Waals surface area contributed by atoms with Crippen LogP contribution in [0.1, 0.15) is 6.23 Å². The molecule has 0 spiro atoms. The molecule has 3 rings (SSSR count). The second kappa shape index (κ2) is 8.98. The van der Waals surface area contributed by atoms with Gasteiger partial charge in [-0.05, 0) is 0 Å². The van der Waals surface area contributed by atoms with Crippen molar-refractivity contribution in [3.8, 4) is 5.88 Å². The van der Waals surface area contributed by atoms with Crippen LogP contribution in [0, 0.1) is 0 Å². The molecule has 33 heavy (non-hydrogen) atoms. The maximum Gasteiger partial charge on any atom is 0.309 e. The van der Waals surface area contributed by atoms with Gasteiger partial charge in [0.05, 0.1) is 21.1 Å². The molecule has 183 valence electrons. The molecule has 0 aromatic carbocycles. The van der Waals surface area contributed by atoms with Gasteiger partial charge in [-0.15, -0.1) is 0 Å². The van der Waals surface area contributed by atoms with Gasteiger partial charge in [-0.3, -0.25) is 4.57 Å². The van der Waals surface area contributed by atoms with Crippen LogP contribution in [0.2, 0.25) is 0 Å². The molecule has 1 fully saturated rings. The van der Waals surface area contributed by atoms with Gasteiger partial charge in [-0.2, -0.15) is 0 Å². The Kier molecular flexibility index (Phi) is 7.13. The number of nitrogen functional groups attached to an aromatic ring is 1. The van der Waals surface area contributed by atoms with Gasteiger partial charge < -0.3 is 70.6 Å². The smallest absolute Gasteiger partial charge is 0.309 e. The quantitative estimate of drug-likeness (QED) is 0.166. The number of fused-ring (bicyclic) bond motifs is 1. The first-order chi connectivity index (χ1) is 15.0. The highest BCUT2D eigenvalue weighted by Crippen LogP contribution is 2.60. The van der Waals surface area contributed by atoms with E-state index in [1.807, 2.05) is 0 Å². The van der Waals surface area contributed by atoms with Gasteiger partial charge in [0.25, 0.3) is 5.95 Å². The summed E-state index contributed by atoms with van der Waals surface area (Å²) in [4.78, 5) is 40.2. The summed E-state index contributed by atoms with van der Waals surface area (Å²) in [6, 6.07) is 0. The van der Waals surface area contributed by atoms with Crippen LogP contribution in [0.5, 0.6) is 5.88 Å². The number of hydrogen-bond acceptors (Lipinski definition) is 15. The number of aromatic nitrogens is 4. The Morgan fingerprint density at radius 1 is 1.27 bits per heavy atom. The van der Waals surface area contributed by atoms with E-state index in [-0.39, 0.29) is 17.1 Å². The number of imidazole rings is 1. The number of nitrogens with zero attached hydrogens (tertiary/aromatic N) is 4. The lowest BCUT2D eigenvalue weighted by molar-refractivity contribution is -0.745. The first-order valence-electron chi connectivity index (χ1n) is 8.77. The van der Waals surface area contributed by atoms with Crippen molar-refractivity contribution in [3.63, 3.8) is 0 Å². The Labute approximate surface area is 186 Å². The fraction of sp³-hybridized carbons (Fsp3) is 0.583. The SMILES string of the molecule is [B-][P@](=O)(OC[C@H]1O[C@@H]([n+]2cn(C)c3c([O-])nc(N)nc32)[C@H](O)[C@@H]1O)OP(=O)([O-])CP(=O)([O-])[O-]. The molecule has 1 unspecified atom stereocenters. The topological polar surface area (TPSA) is 272 Å². The third-order valence-electron chi connectivity index (χ3n) is 4.36. The summed E-state index contributed by atoms with van der Waals surface area (Å²) < 4.78 is 50.8. The molecule has 21 heteroatoms. The predicted molar refractivity (Wildman–Crippen MR) is 99.0 cm³/mol. The number of nitrogens with two attached hydrogens (primary N) is 1. The lowest BCUT2D eigenvalue weighted by atomic mass is 10.1. The average Bonchev–Trinajstić information content (AvgIpc) is 3.07. The molecule has 1 aliphatic rings. The molecule has 0 amide bonds. The van der Waals surface area contributed by atoms with Crippen molar-refractivity contribution in [1.82, 2.24) is 14.5 Å². The average molecular weight is 526 g/mol. The van der Waals surface area contributed by atoms with Crippen molar-refractivity contribution in [2.75, 3.05) is 18.2 Å². The number of aliphatic hydroxyl groups is 2. The zero-order valence-corrected chi connectivity index (χ0v) is 19.2. The Balaban J connectivity index is 1.75. The highest BCUT2D eigenvalue weighted by atomic mass is 31.3. The molecule has 6 atom stereocenters. The van der Waals surface area contributed by atoms with Crippen LogP contribution in [0.15, 0.2) is 6.33 Å². The van der Waals surface area contributed by atoms with Crippen LogP contribution >= 0.6 is 22.7 Å². The highest BCUT2D eigenvalue weighted by molar-refractivity contribution is 7.85. The molecule has 2 aromatic rings. The first-order valence-corrected chi connectivity index (χ1v) is 13.8. The van der Waals surface area contributed by atoms with E-state index in [1.165, 1.54) is 22.5 Å². The Hall–Kier alpha value is -1.42. The van der Waals surface area contributed by atoms with Gasteiger partial charge in [-0.1, -0.05) is 12.6 Å². The summed E-state index contributed by atoms with van der Waals surface area (Å²) in [5.74, 6) is -3.06. The Morgan fingerprint density at radius 3 is 2.52 bits per heavy atom. The first kappa shape index (κ1) is 26.2.